The van der Waals surface area contributed by atoms with E-state index in [9.17, 15) is 0 Å². The molecule has 1 aliphatic heterocycles. The fourth-order valence-corrected chi connectivity index (χ4v) is 5.87. The van der Waals surface area contributed by atoms with Gasteiger partial charge in [-0.15, -0.1) is 0 Å². The number of nitrogens with zero attached hydrogens (tertiary/aromatic N) is 4. The number of aromatic nitrogens is 2. The fraction of sp³-hybridized carbons (Fsp3) is 0.522. The van der Waals surface area contributed by atoms with Crippen molar-refractivity contribution < 1.29 is 0 Å². The van der Waals surface area contributed by atoms with E-state index in [2.05, 4.69) is 40.2 Å². The molecule has 1 spiro atoms. The maximum absolute atomic E-state index is 9.09. The van der Waals surface area contributed by atoms with E-state index in [1.807, 2.05) is 0 Å². The predicted octanol–water partition coefficient (Wildman–Crippen LogP) is 4.63. The molecule has 0 bridgehead atoms. The van der Waals surface area contributed by atoms with E-state index in [1.165, 1.54) is 29.5 Å². The molecule has 2 aliphatic carbocycles. The van der Waals surface area contributed by atoms with Crippen LogP contribution < -0.4 is 4.90 Å². The second-order valence-corrected chi connectivity index (χ2v) is 9.01. The molecule has 0 N–H and O–H groups in total. The third kappa shape index (κ3) is 2.97. The number of benzene rings is 1. The van der Waals surface area contributed by atoms with E-state index in [1.54, 1.807) is 0 Å². The summed E-state index contributed by atoms with van der Waals surface area (Å²) < 4.78 is 0. The summed E-state index contributed by atoms with van der Waals surface area (Å²) in [6.07, 6.45) is 8.36. The molecular formula is C23H25ClN4. The lowest BCUT2D eigenvalue weighted by molar-refractivity contribution is 0.361. The van der Waals surface area contributed by atoms with Crippen molar-refractivity contribution in [2.24, 2.45) is 5.92 Å². The topological polar surface area (TPSA) is 52.8 Å². The van der Waals surface area contributed by atoms with Gasteiger partial charge in [0, 0.05) is 30.5 Å². The molecule has 2 heterocycles. The zero-order valence-corrected chi connectivity index (χ0v) is 16.9. The standard InChI is InChI=1S/C23H25ClN4/c24-22-26-20-14-23(10-7-17-5-1-2-6-19(17)23)11-8-18(20)21(27-22)28-13-3-4-16(15-28)9-12-25/h1-2,5-6,16H,3-4,7-11,13-15H2/t16-,23?/m0/s1. The van der Waals surface area contributed by atoms with Crippen LogP contribution in [0.25, 0.3) is 0 Å². The lowest BCUT2D eigenvalue weighted by atomic mass is 9.69. The van der Waals surface area contributed by atoms with Crippen LogP contribution in [0, 0.1) is 17.2 Å². The van der Waals surface area contributed by atoms with E-state index >= 15 is 0 Å². The van der Waals surface area contributed by atoms with Crippen LogP contribution >= 0.6 is 11.6 Å². The summed E-state index contributed by atoms with van der Waals surface area (Å²) in [4.78, 5) is 11.7. The molecule has 1 saturated heterocycles. The van der Waals surface area contributed by atoms with Crippen LogP contribution in [0.15, 0.2) is 24.3 Å². The molecule has 1 unspecified atom stereocenters. The third-order valence-electron chi connectivity index (χ3n) is 7.06. The first-order chi connectivity index (χ1) is 13.7. The first-order valence-corrected chi connectivity index (χ1v) is 10.8. The molecule has 5 rings (SSSR count). The smallest absolute Gasteiger partial charge is 0.224 e. The van der Waals surface area contributed by atoms with E-state index in [4.69, 9.17) is 21.8 Å². The Labute approximate surface area is 171 Å². The highest BCUT2D eigenvalue weighted by molar-refractivity contribution is 6.28. The van der Waals surface area contributed by atoms with Crippen LogP contribution in [0.2, 0.25) is 5.28 Å². The van der Waals surface area contributed by atoms with Crippen molar-refractivity contribution in [2.45, 2.75) is 56.8 Å². The van der Waals surface area contributed by atoms with Crippen molar-refractivity contribution in [2.75, 3.05) is 18.0 Å². The summed E-state index contributed by atoms with van der Waals surface area (Å²) in [6.45, 7) is 1.90. The molecule has 2 atom stereocenters. The van der Waals surface area contributed by atoms with Crippen LogP contribution in [0.3, 0.4) is 0 Å². The molecular weight excluding hydrogens is 368 g/mol. The molecule has 1 aromatic carbocycles. The monoisotopic (exact) mass is 392 g/mol. The quantitative estimate of drug-likeness (QED) is 0.699. The number of aryl methyl sites for hydroxylation is 1. The molecule has 0 amide bonds. The Morgan fingerprint density at radius 3 is 2.96 bits per heavy atom. The minimum atomic E-state index is 0.212. The van der Waals surface area contributed by atoms with Gasteiger partial charge in [0.1, 0.15) is 5.82 Å². The Kier molecular flexibility index (Phi) is 4.51. The van der Waals surface area contributed by atoms with Gasteiger partial charge in [-0.1, -0.05) is 24.3 Å². The maximum atomic E-state index is 9.09. The van der Waals surface area contributed by atoms with Gasteiger partial charge in [-0.3, -0.25) is 0 Å². The first-order valence-electron chi connectivity index (χ1n) is 10.4. The zero-order chi connectivity index (χ0) is 19.1. The molecule has 144 valence electrons. The van der Waals surface area contributed by atoms with E-state index in [0.29, 0.717) is 17.6 Å². The van der Waals surface area contributed by atoms with Crippen molar-refractivity contribution in [1.29, 1.82) is 5.26 Å². The summed E-state index contributed by atoms with van der Waals surface area (Å²) in [5, 5.41) is 9.45. The van der Waals surface area contributed by atoms with Gasteiger partial charge in [0.15, 0.2) is 0 Å². The summed E-state index contributed by atoms with van der Waals surface area (Å²) in [5.74, 6) is 1.46. The molecule has 1 aromatic heterocycles. The van der Waals surface area contributed by atoms with Gasteiger partial charge in [0.05, 0.1) is 11.8 Å². The van der Waals surface area contributed by atoms with Gasteiger partial charge in [0.2, 0.25) is 5.28 Å². The molecule has 3 aliphatic rings. The number of anilines is 1. The summed E-state index contributed by atoms with van der Waals surface area (Å²) in [5.41, 5.74) is 5.66. The zero-order valence-electron chi connectivity index (χ0n) is 16.1. The average molecular weight is 393 g/mol. The SMILES string of the molecule is N#CC[C@@H]1CCCN(c2nc(Cl)nc3c2CCC2(CCc4ccccc42)C3)C1. The van der Waals surface area contributed by atoms with Gasteiger partial charge in [-0.25, -0.2) is 9.97 Å². The van der Waals surface area contributed by atoms with E-state index in [-0.39, 0.29) is 5.41 Å². The Morgan fingerprint density at radius 2 is 2.07 bits per heavy atom. The highest BCUT2D eigenvalue weighted by Crippen LogP contribution is 2.48. The van der Waals surface area contributed by atoms with Crippen molar-refractivity contribution in [3.05, 3.63) is 51.9 Å². The maximum Gasteiger partial charge on any atom is 0.224 e. The summed E-state index contributed by atoms with van der Waals surface area (Å²) in [6, 6.07) is 11.3. The molecule has 2 aromatic rings. The normalized spacial score (nSPS) is 26.0. The number of fused-ring (bicyclic) bond motifs is 3. The molecule has 1 fully saturated rings. The number of rotatable bonds is 2. The van der Waals surface area contributed by atoms with Gasteiger partial charge < -0.3 is 4.90 Å². The Hall–Kier alpha value is -2.12. The van der Waals surface area contributed by atoms with Gasteiger partial charge in [-0.2, -0.15) is 5.26 Å². The van der Waals surface area contributed by atoms with Crippen molar-refractivity contribution in [1.82, 2.24) is 9.97 Å². The Bertz CT molecular complexity index is 950. The number of piperidine rings is 1. The van der Waals surface area contributed by atoms with Crippen molar-refractivity contribution in [3.8, 4) is 6.07 Å². The van der Waals surface area contributed by atoms with Crippen LogP contribution in [0.4, 0.5) is 5.82 Å². The third-order valence-corrected chi connectivity index (χ3v) is 7.23. The van der Waals surface area contributed by atoms with E-state index < -0.39 is 0 Å². The van der Waals surface area contributed by atoms with Crippen LogP contribution in [0.5, 0.6) is 0 Å². The Morgan fingerprint density at radius 1 is 1.21 bits per heavy atom. The lowest BCUT2D eigenvalue weighted by Gasteiger charge is -2.39. The summed E-state index contributed by atoms with van der Waals surface area (Å²) >= 11 is 6.39. The average Bonchev–Trinajstić information content (AvgIpc) is 3.06. The van der Waals surface area contributed by atoms with Crippen molar-refractivity contribution in [3.63, 3.8) is 0 Å². The summed E-state index contributed by atoms with van der Waals surface area (Å²) in [7, 11) is 0. The minimum Gasteiger partial charge on any atom is -0.356 e. The predicted molar refractivity (Wildman–Crippen MR) is 111 cm³/mol. The van der Waals surface area contributed by atoms with Gasteiger partial charge >= 0.3 is 0 Å². The fourth-order valence-electron chi connectivity index (χ4n) is 5.69. The number of hydrogen-bond donors (Lipinski definition) is 0. The van der Waals surface area contributed by atoms with Gasteiger partial charge in [-0.05, 0) is 73.6 Å². The Balaban J connectivity index is 1.49. The second-order valence-electron chi connectivity index (χ2n) is 8.67. The van der Waals surface area contributed by atoms with E-state index in [0.717, 1.165) is 56.7 Å². The molecule has 0 saturated carbocycles. The second kappa shape index (κ2) is 7.04. The molecule has 28 heavy (non-hydrogen) atoms. The number of nitriles is 1. The van der Waals surface area contributed by atoms with Crippen LogP contribution in [-0.4, -0.2) is 23.1 Å². The largest absolute Gasteiger partial charge is 0.356 e. The molecule has 4 nitrogen and oxygen atoms in total. The van der Waals surface area contributed by atoms with Crippen LogP contribution in [-0.2, 0) is 24.7 Å². The van der Waals surface area contributed by atoms with Crippen LogP contribution in [0.1, 0.15) is 54.5 Å². The number of halogens is 1. The van der Waals surface area contributed by atoms with Gasteiger partial charge in [0.25, 0.3) is 0 Å². The lowest BCUT2D eigenvalue weighted by Crippen LogP contribution is -2.38. The molecule has 5 heteroatoms. The highest BCUT2D eigenvalue weighted by atomic mass is 35.5. The first kappa shape index (κ1) is 17.9. The minimum absolute atomic E-state index is 0.212. The van der Waals surface area contributed by atoms with Crippen molar-refractivity contribution >= 4 is 17.4 Å². The highest BCUT2D eigenvalue weighted by Gasteiger charge is 2.42. The molecule has 0 radical (unpaired) electrons. The number of hydrogen-bond acceptors (Lipinski definition) is 4.